The zero-order chi connectivity index (χ0) is 18.5. The maximum absolute atomic E-state index is 14.0. The molecule has 2 heterocycles. The summed E-state index contributed by atoms with van der Waals surface area (Å²) in [4.78, 5) is 24.9. The molecule has 1 fully saturated rings. The minimum atomic E-state index is -0.725. The van der Waals surface area contributed by atoms with Crippen molar-refractivity contribution in [3.05, 3.63) is 41.5 Å². The third kappa shape index (κ3) is 3.83. The second-order valence-electron chi connectivity index (χ2n) is 5.93. The first-order chi connectivity index (χ1) is 12.6. The predicted molar refractivity (Wildman–Crippen MR) is 92.9 cm³/mol. The van der Waals surface area contributed by atoms with Crippen molar-refractivity contribution in [1.29, 1.82) is 0 Å². The predicted octanol–water partition coefficient (Wildman–Crippen LogP) is 1.29. The van der Waals surface area contributed by atoms with E-state index < -0.39 is 11.7 Å². The summed E-state index contributed by atoms with van der Waals surface area (Å²) >= 11 is 0. The van der Waals surface area contributed by atoms with Gasteiger partial charge in [0.05, 0.1) is 19.0 Å². The molecule has 1 aromatic carbocycles. The summed E-state index contributed by atoms with van der Waals surface area (Å²) in [7, 11) is 1.35. The van der Waals surface area contributed by atoms with Crippen molar-refractivity contribution in [3.8, 4) is 5.75 Å². The van der Waals surface area contributed by atoms with Crippen LogP contribution in [0, 0.1) is 5.82 Å². The molecular formula is C17H20FN5O3. The van der Waals surface area contributed by atoms with Crippen LogP contribution in [0.5, 0.6) is 5.75 Å². The topological polar surface area (TPSA) is 108 Å². The monoisotopic (exact) mass is 361 g/mol. The van der Waals surface area contributed by atoms with Gasteiger partial charge in [0, 0.05) is 6.04 Å². The van der Waals surface area contributed by atoms with Gasteiger partial charge in [0.15, 0.2) is 0 Å². The first-order valence-electron chi connectivity index (χ1n) is 8.29. The van der Waals surface area contributed by atoms with Crippen molar-refractivity contribution in [2.45, 2.75) is 18.9 Å². The van der Waals surface area contributed by atoms with Crippen molar-refractivity contribution in [2.75, 3.05) is 25.5 Å². The van der Waals surface area contributed by atoms with Crippen molar-refractivity contribution in [1.82, 2.24) is 20.8 Å². The van der Waals surface area contributed by atoms with E-state index in [1.165, 1.54) is 25.4 Å². The normalized spacial score (nSPS) is 14.7. The number of benzene rings is 1. The second-order valence-corrected chi connectivity index (χ2v) is 5.93. The highest BCUT2D eigenvalue weighted by molar-refractivity contribution is 6.09. The van der Waals surface area contributed by atoms with Gasteiger partial charge in [0.25, 0.3) is 11.8 Å². The van der Waals surface area contributed by atoms with Gasteiger partial charge < -0.3 is 20.7 Å². The maximum Gasteiger partial charge on any atom is 0.271 e. The van der Waals surface area contributed by atoms with Crippen LogP contribution in [-0.2, 0) is 0 Å². The highest BCUT2D eigenvalue weighted by Gasteiger charge is 2.23. The molecule has 1 saturated heterocycles. The molecule has 3 rings (SSSR count). The first-order valence-corrected chi connectivity index (χ1v) is 8.29. The molecule has 0 radical (unpaired) electrons. The number of rotatable bonds is 5. The van der Waals surface area contributed by atoms with E-state index in [0.717, 1.165) is 32.0 Å². The number of anilines is 1. The summed E-state index contributed by atoms with van der Waals surface area (Å²) in [6, 6.07) is 4.15. The molecule has 8 nitrogen and oxygen atoms in total. The number of hydrogen-bond donors (Lipinski definition) is 4. The highest BCUT2D eigenvalue weighted by Crippen LogP contribution is 2.23. The minimum absolute atomic E-state index is 0.0577. The number of aromatic nitrogens is 2. The Labute approximate surface area is 149 Å². The Morgan fingerprint density at radius 1 is 1.27 bits per heavy atom. The Kier molecular flexibility index (Phi) is 5.47. The minimum Gasteiger partial charge on any atom is -0.496 e. The first kappa shape index (κ1) is 17.9. The Morgan fingerprint density at radius 3 is 2.77 bits per heavy atom. The zero-order valence-electron chi connectivity index (χ0n) is 14.3. The largest absolute Gasteiger partial charge is 0.496 e. The summed E-state index contributed by atoms with van der Waals surface area (Å²) in [5, 5.41) is 15.0. The number of carbonyl (C=O) groups is 2. The molecule has 0 bridgehead atoms. The Hall–Kier alpha value is -2.94. The number of ether oxygens (including phenoxy) is 1. The van der Waals surface area contributed by atoms with Crippen molar-refractivity contribution in [2.24, 2.45) is 0 Å². The molecule has 4 N–H and O–H groups in total. The number of aromatic amines is 1. The number of hydrogen-bond acceptors (Lipinski definition) is 5. The molecule has 138 valence electrons. The summed E-state index contributed by atoms with van der Waals surface area (Å²) in [5.74, 6) is -1.71. The maximum atomic E-state index is 14.0. The van der Waals surface area contributed by atoms with Crippen molar-refractivity contribution in [3.63, 3.8) is 0 Å². The molecule has 0 aliphatic carbocycles. The summed E-state index contributed by atoms with van der Waals surface area (Å²) < 4.78 is 19.1. The lowest BCUT2D eigenvalue weighted by Crippen LogP contribution is -2.43. The number of methoxy groups -OCH3 is 1. The van der Waals surface area contributed by atoms with Crippen LogP contribution >= 0.6 is 0 Å². The lowest BCUT2D eigenvalue weighted by Gasteiger charge is -2.23. The van der Waals surface area contributed by atoms with Crippen molar-refractivity contribution >= 4 is 17.5 Å². The van der Waals surface area contributed by atoms with E-state index in [4.69, 9.17) is 4.74 Å². The van der Waals surface area contributed by atoms with E-state index in [1.807, 2.05) is 0 Å². The fourth-order valence-electron chi connectivity index (χ4n) is 2.86. The lowest BCUT2D eigenvalue weighted by atomic mass is 10.1. The van der Waals surface area contributed by atoms with Gasteiger partial charge in [0.1, 0.15) is 22.8 Å². The van der Waals surface area contributed by atoms with E-state index in [9.17, 15) is 14.0 Å². The molecular weight excluding hydrogens is 341 g/mol. The summed E-state index contributed by atoms with van der Waals surface area (Å²) in [5.41, 5.74) is 0.0554. The average molecular weight is 361 g/mol. The zero-order valence-corrected chi connectivity index (χ0v) is 14.3. The van der Waals surface area contributed by atoms with Crippen LogP contribution in [0.1, 0.15) is 33.7 Å². The second kappa shape index (κ2) is 7.96. The molecule has 0 spiro atoms. The fourth-order valence-corrected chi connectivity index (χ4v) is 2.86. The fraction of sp³-hybridized carbons (Fsp3) is 0.353. The van der Waals surface area contributed by atoms with E-state index in [2.05, 4.69) is 26.1 Å². The summed E-state index contributed by atoms with van der Waals surface area (Å²) in [6.45, 7) is 1.68. The highest BCUT2D eigenvalue weighted by atomic mass is 19.1. The molecule has 9 heteroatoms. The molecule has 0 unspecified atom stereocenters. The van der Waals surface area contributed by atoms with Gasteiger partial charge in [-0.2, -0.15) is 5.10 Å². The Balaban J connectivity index is 1.74. The molecule has 2 aromatic rings. The van der Waals surface area contributed by atoms with Crippen LogP contribution in [0.2, 0.25) is 0 Å². The standard InChI is InChI=1S/C17H20FN5O3/c1-26-13-4-2-3-11(18)14(13)16(24)22-12-9-20-23-15(12)17(25)21-10-5-7-19-8-6-10/h2-4,9-10,19H,5-8H2,1H3,(H,20,23)(H,21,25)(H,22,24). The quantitative estimate of drug-likeness (QED) is 0.642. The smallest absolute Gasteiger partial charge is 0.271 e. The number of amides is 2. The van der Waals surface area contributed by atoms with Gasteiger partial charge in [-0.1, -0.05) is 6.07 Å². The van der Waals surface area contributed by atoms with Crippen LogP contribution in [0.15, 0.2) is 24.4 Å². The molecule has 26 heavy (non-hydrogen) atoms. The number of piperidine rings is 1. The van der Waals surface area contributed by atoms with Crippen LogP contribution in [0.25, 0.3) is 0 Å². The van der Waals surface area contributed by atoms with Gasteiger partial charge >= 0.3 is 0 Å². The molecule has 1 aromatic heterocycles. The van der Waals surface area contributed by atoms with Crippen LogP contribution in [0.4, 0.5) is 10.1 Å². The van der Waals surface area contributed by atoms with Gasteiger partial charge in [-0.05, 0) is 38.1 Å². The van der Waals surface area contributed by atoms with Crippen molar-refractivity contribution < 1.29 is 18.7 Å². The van der Waals surface area contributed by atoms with Crippen LogP contribution in [0.3, 0.4) is 0 Å². The van der Waals surface area contributed by atoms with Gasteiger partial charge in [0.2, 0.25) is 0 Å². The van der Waals surface area contributed by atoms with Gasteiger partial charge in [-0.25, -0.2) is 4.39 Å². The number of halogens is 1. The van der Waals surface area contributed by atoms with E-state index in [1.54, 1.807) is 0 Å². The molecule has 0 saturated carbocycles. The Morgan fingerprint density at radius 2 is 2.04 bits per heavy atom. The van der Waals surface area contributed by atoms with Gasteiger partial charge in [-0.3, -0.25) is 14.7 Å². The molecule has 1 aliphatic rings. The van der Waals surface area contributed by atoms with E-state index in [-0.39, 0.29) is 34.6 Å². The van der Waals surface area contributed by atoms with E-state index >= 15 is 0 Å². The SMILES string of the molecule is COc1cccc(F)c1C(=O)Nc1cn[nH]c1C(=O)NC1CCNCC1. The number of nitrogens with one attached hydrogen (secondary N) is 4. The summed E-state index contributed by atoms with van der Waals surface area (Å²) in [6.07, 6.45) is 2.96. The number of nitrogens with zero attached hydrogens (tertiary/aromatic N) is 1. The Bertz CT molecular complexity index is 801. The number of H-pyrrole nitrogens is 1. The van der Waals surface area contributed by atoms with Crippen LogP contribution < -0.4 is 20.7 Å². The van der Waals surface area contributed by atoms with Crippen LogP contribution in [-0.4, -0.2) is 48.3 Å². The average Bonchev–Trinajstić information content (AvgIpc) is 3.10. The third-order valence-electron chi connectivity index (χ3n) is 4.21. The van der Waals surface area contributed by atoms with Gasteiger partial charge in [-0.15, -0.1) is 0 Å². The molecule has 2 amide bonds. The number of carbonyl (C=O) groups excluding carboxylic acids is 2. The molecule has 0 atom stereocenters. The molecule has 1 aliphatic heterocycles. The van der Waals surface area contributed by atoms with E-state index in [0.29, 0.717) is 0 Å². The third-order valence-corrected chi connectivity index (χ3v) is 4.21. The lowest BCUT2D eigenvalue weighted by molar-refractivity contribution is 0.0925.